The van der Waals surface area contributed by atoms with Gasteiger partial charge in [0.25, 0.3) is 5.56 Å². The van der Waals surface area contributed by atoms with Crippen molar-refractivity contribution < 1.29 is 14.6 Å². The van der Waals surface area contributed by atoms with Crippen LogP contribution in [-0.2, 0) is 13.1 Å². The first-order valence-corrected chi connectivity index (χ1v) is 10.1. The summed E-state index contributed by atoms with van der Waals surface area (Å²) < 4.78 is 7.04. The predicted octanol–water partition coefficient (Wildman–Crippen LogP) is 3.21. The molecule has 0 saturated heterocycles. The summed E-state index contributed by atoms with van der Waals surface area (Å²) in [7, 11) is 0. The van der Waals surface area contributed by atoms with Crippen molar-refractivity contribution in [1.29, 1.82) is 0 Å². The van der Waals surface area contributed by atoms with Gasteiger partial charge in [-0.05, 0) is 29.8 Å². The first-order valence-electron chi connectivity index (χ1n) is 9.36. The number of halogens is 2. The van der Waals surface area contributed by atoms with Crippen molar-refractivity contribution in [3.63, 3.8) is 0 Å². The average molecular weight is 475 g/mol. The van der Waals surface area contributed by atoms with Gasteiger partial charge in [-0.15, -0.1) is 0 Å². The van der Waals surface area contributed by atoms with Crippen LogP contribution >= 0.6 is 23.2 Å². The average Bonchev–Trinajstić information content (AvgIpc) is 3.18. The molecule has 12 heteroatoms. The summed E-state index contributed by atoms with van der Waals surface area (Å²) >= 11 is 11.9. The monoisotopic (exact) mass is 474 g/mol. The molecule has 0 saturated carbocycles. The van der Waals surface area contributed by atoms with Crippen LogP contribution in [0.15, 0.2) is 47.5 Å². The van der Waals surface area contributed by atoms with Gasteiger partial charge in [0.1, 0.15) is 23.6 Å². The molecule has 0 atom stereocenters. The van der Waals surface area contributed by atoms with Crippen molar-refractivity contribution in [3.8, 4) is 5.75 Å². The van der Waals surface area contributed by atoms with Gasteiger partial charge in [0.15, 0.2) is 5.52 Å². The van der Waals surface area contributed by atoms with Crippen molar-refractivity contribution >= 4 is 46.2 Å². The van der Waals surface area contributed by atoms with Gasteiger partial charge < -0.3 is 15.2 Å². The Morgan fingerprint density at radius 3 is 2.75 bits per heavy atom. The number of aromatic nitrogens is 5. The van der Waals surface area contributed by atoms with Crippen LogP contribution in [0.4, 0.5) is 5.95 Å². The van der Waals surface area contributed by atoms with Crippen LogP contribution in [0.25, 0.3) is 11.0 Å². The molecule has 0 aliphatic rings. The number of nitrogens with zero attached hydrogens (tertiary/aromatic N) is 4. The van der Waals surface area contributed by atoms with E-state index in [0.717, 1.165) is 5.56 Å². The standard InChI is InChI=1S/C20H16Cl2N6O4/c21-13-3-1-11(7-14(13)22)8-24-20-26-16-10-25-28(17(16)18(29)27-20)5-6-32-12-2-4-15(19(30)31)23-9-12/h1-4,7,9-10H,5-6,8H2,(H,30,31)(H2,24,26,27,29). The Kier molecular flexibility index (Phi) is 6.24. The minimum atomic E-state index is -1.11. The molecule has 4 rings (SSSR count). The van der Waals surface area contributed by atoms with Crippen LogP contribution in [0.2, 0.25) is 10.0 Å². The van der Waals surface area contributed by atoms with Gasteiger partial charge in [-0.2, -0.15) is 5.10 Å². The van der Waals surface area contributed by atoms with Gasteiger partial charge in [-0.25, -0.2) is 14.8 Å². The van der Waals surface area contributed by atoms with Crippen molar-refractivity contribution in [2.45, 2.75) is 13.1 Å². The second-order valence-corrected chi connectivity index (χ2v) is 7.47. The molecule has 0 unspecified atom stereocenters. The number of aromatic carboxylic acids is 1. The zero-order valence-electron chi connectivity index (χ0n) is 16.4. The van der Waals surface area contributed by atoms with E-state index in [2.05, 4.69) is 25.4 Å². The number of rotatable bonds is 8. The van der Waals surface area contributed by atoms with Crippen LogP contribution in [0.1, 0.15) is 16.1 Å². The number of carboxylic acid groups (broad SMARTS) is 1. The van der Waals surface area contributed by atoms with E-state index < -0.39 is 5.97 Å². The first kappa shape index (κ1) is 21.6. The number of pyridine rings is 1. The van der Waals surface area contributed by atoms with E-state index in [4.69, 9.17) is 33.0 Å². The second-order valence-electron chi connectivity index (χ2n) is 6.65. The highest BCUT2D eigenvalue weighted by Crippen LogP contribution is 2.23. The number of anilines is 1. The van der Waals surface area contributed by atoms with E-state index in [-0.39, 0.29) is 24.4 Å². The number of nitrogens with one attached hydrogen (secondary N) is 2. The van der Waals surface area contributed by atoms with Crippen LogP contribution in [-0.4, -0.2) is 42.4 Å². The molecule has 164 valence electrons. The summed E-state index contributed by atoms with van der Waals surface area (Å²) in [6.45, 7) is 0.870. The number of hydrogen-bond acceptors (Lipinski definition) is 7. The van der Waals surface area contributed by atoms with E-state index in [1.165, 1.54) is 29.2 Å². The van der Waals surface area contributed by atoms with Crippen molar-refractivity contribution in [2.75, 3.05) is 11.9 Å². The van der Waals surface area contributed by atoms with Gasteiger partial charge in [-0.3, -0.25) is 14.5 Å². The summed E-state index contributed by atoms with van der Waals surface area (Å²) in [5, 5.41) is 17.0. The minimum Gasteiger partial charge on any atom is -0.490 e. The molecule has 3 heterocycles. The Morgan fingerprint density at radius 2 is 2.03 bits per heavy atom. The molecular weight excluding hydrogens is 459 g/mol. The Balaban J connectivity index is 1.41. The molecule has 10 nitrogen and oxygen atoms in total. The molecular formula is C20H16Cl2N6O4. The molecule has 3 aromatic heterocycles. The smallest absolute Gasteiger partial charge is 0.354 e. The predicted molar refractivity (Wildman–Crippen MR) is 119 cm³/mol. The van der Waals surface area contributed by atoms with Crippen LogP contribution < -0.4 is 15.6 Å². The number of H-pyrrole nitrogens is 1. The molecule has 3 N–H and O–H groups in total. The normalized spacial score (nSPS) is 10.9. The molecule has 32 heavy (non-hydrogen) atoms. The Morgan fingerprint density at radius 1 is 1.19 bits per heavy atom. The molecule has 1 aromatic carbocycles. The molecule has 0 radical (unpaired) electrons. The Bertz CT molecular complexity index is 1340. The number of carboxylic acids is 1. The largest absolute Gasteiger partial charge is 0.490 e. The maximum Gasteiger partial charge on any atom is 0.354 e. The third-order valence-corrected chi connectivity index (χ3v) is 5.21. The zero-order valence-corrected chi connectivity index (χ0v) is 17.9. The van der Waals surface area contributed by atoms with Gasteiger partial charge >= 0.3 is 5.97 Å². The second kappa shape index (κ2) is 9.25. The maximum atomic E-state index is 12.6. The molecule has 0 amide bonds. The first-order chi connectivity index (χ1) is 15.4. The molecule has 4 aromatic rings. The lowest BCUT2D eigenvalue weighted by atomic mass is 10.2. The number of ether oxygens (including phenoxy) is 1. The highest BCUT2D eigenvalue weighted by molar-refractivity contribution is 6.42. The van der Waals surface area contributed by atoms with Gasteiger partial charge in [0.05, 0.1) is 29.0 Å². The third-order valence-electron chi connectivity index (χ3n) is 4.47. The zero-order chi connectivity index (χ0) is 22.7. The lowest BCUT2D eigenvalue weighted by Gasteiger charge is -2.08. The Labute approximate surface area is 190 Å². The summed E-state index contributed by atoms with van der Waals surface area (Å²) in [4.78, 5) is 34.3. The van der Waals surface area contributed by atoms with Gasteiger partial charge in [0.2, 0.25) is 5.95 Å². The topological polar surface area (TPSA) is 135 Å². The fourth-order valence-electron chi connectivity index (χ4n) is 2.94. The maximum absolute atomic E-state index is 12.6. The number of carbonyl (C=O) groups is 1. The highest BCUT2D eigenvalue weighted by Gasteiger charge is 2.11. The van der Waals surface area contributed by atoms with E-state index in [1.54, 1.807) is 12.1 Å². The number of hydrogen-bond donors (Lipinski definition) is 3. The van der Waals surface area contributed by atoms with Gasteiger partial charge in [-0.1, -0.05) is 29.3 Å². The molecule has 0 aliphatic heterocycles. The van der Waals surface area contributed by atoms with Crippen LogP contribution in [0, 0.1) is 0 Å². The van der Waals surface area contributed by atoms with E-state index in [0.29, 0.717) is 39.3 Å². The van der Waals surface area contributed by atoms with E-state index in [1.807, 2.05) is 6.07 Å². The summed E-state index contributed by atoms with van der Waals surface area (Å²) in [5.41, 5.74) is 1.19. The summed E-state index contributed by atoms with van der Waals surface area (Å²) in [6, 6.07) is 8.11. The van der Waals surface area contributed by atoms with E-state index >= 15 is 0 Å². The lowest BCUT2D eigenvalue weighted by Crippen LogP contribution is -2.18. The fourth-order valence-corrected chi connectivity index (χ4v) is 3.26. The van der Waals surface area contributed by atoms with Crippen molar-refractivity contribution in [1.82, 2.24) is 24.7 Å². The highest BCUT2D eigenvalue weighted by atomic mass is 35.5. The minimum absolute atomic E-state index is 0.0726. The molecule has 0 spiro atoms. The summed E-state index contributed by atoms with van der Waals surface area (Å²) in [5.74, 6) is -0.404. The quantitative estimate of drug-likeness (QED) is 0.354. The SMILES string of the molecule is O=C(O)c1ccc(OCCn2ncc3nc(NCc4ccc(Cl)c(Cl)c4)[nH]c(=O)c32)cn1. The summed E-state index contributed by atoms with van der Waals surface area (Å²) in [6.07, 6.45) is 2.82. The van der Waals surface area contributed by atoms with Crippen molar-refractivity contribution in [3.05, 3.63) is 74.4 Å². The number of aromatic amines is 1. The molecule has 0 aliphatic carbocycles. The fraction of sp³-hybridized carbons (Fsp3) is 0.150. The van der Waals surface area contributed by atoms with Crippen LogP contribution in [0.3, 0.4) is 0 Å². The van der Waals surface area contributed by atoms with Crippen LogP contribution in [0.5, 0.6) is 5.75 Å². The Hall–Kier alpha value is -3.63. The molecule has 0 bridgehead atoms. The number of fused-ring (bicyclic) bond motifs is 1. The lowest BCUT2D eigenvalue weighted by molar-refractivity contribution is 0.0690. The van der Waals surface area contributed by atoms with E-state index in [9.17, 15) is 9.59 Å². The third kappa shape index (κ3) is 4.82. The molecule has 0 fully saturated rings. The van der Waals surface area contributed by atoms with Crippen molar-refractivity contribution in [2.24, 2.45) is 0 Å². The number of benzene rings is 1. The van der Waals surface area contributed by atoms with Gasteiger partial charge in [0, 0.05) is 6.54 Å².